The number of rotatable bonds is 7. The van der Waals surface area contributed by atoms with Crippen LogP contribution in [0.5, 0.6) is 28.7 Å². The number of hydrogen-bond acceptors (Lipinski definition) is 3. The Morgan fingerprint density at radius 3 is 1.62 bits per heavy atom. The zero-order valence-electron chi connectivity index (χ0n) is 16.1. The summed E-state index contributed by atoms with van der Waals surface area (Å²) in [6.07, 6.45) is 0.723. The van der Waals surface area contributed by atoms with Gasteiger partial charge in [0.1, 0.15) is 17.2 Å². The summed E-state index contributed by atoms with van der Waals surface area (Å²) >= 11 is 0. The Morgan fingerprint density at radius 1 is 0.517 bits per heavy atom. The van der Waals surface area contributed by atoms with Gasteiger partial charge in [0.15, 0.2) is 17.6 Å². The van der Waals surface area contributed by atoms with Gasteiger partial charge >= 0.3 is 0 Å². The number of para-hydroxylation sites is 4. The first-order valence-electron chi connectivity index (χ1n) is 9.45. The second kappa shape index (κ2) is 8.98. The van der Waals surface area contributed by atoms with Crippen molar-refractivity contribution in [2.75, 3.05) is 0 Å². The summed E-state index contributed by atoms with van der Waals surface area (Å²) in [5.41, 5.74) is 0.825. The van der Waals surface area contributed by atoms with E-state index in [1.807, 2.05) is 116 Å². The molecule has 0 atom stereocenters. The third-order valence-electron chi connectivity index (χ3n) is 4.31. The van der Waals surface area contributed by atoms with E-state index in [4.69, 9.17) is 14.2 Å². The lowest BCUT2D eigenvalue weighted by Gasteiger charge is -2.20. The summed E-state index contributed by atoms with van der Waals surface area (Å²) in [6, 6.07) is 34.8. The van der Waals surface area contributed by atoms with Crippen LogP contribution in [-0.2, 0) is 0 Å². The van der Waals surface area contributed by atoms with Gasteiger partial charge in [0, 0.05) is 5.56 Å². The number of hydrogen-bond donors (Lipinski definition) is 0. The van der Waals surface area contributed by atoms with Gasteiger partial charge in [-0.1, -0.05) is 66.7 Å². The van der Waals surface area contributed by atoms with Crippen molar-refractivity contribution in [3.63, 3.8) is 0 Å². The molecule has 4 aromatic carbocycles. The summed E-state index contributed by atoms with van der Waals surface area (Å²) in [5, 5.41) is 0. The molecule has 0 aromatic heterocycles. The highest BCUT2D eigenvalue weighted by Gasteiger charge is 2.20. The fraction of sp³-hybridized carbons (Fsp3) is 0.0385. The Kier molecular flexibility index (Phi) is 5.77. The normalized spacial score (nSPS) is 10.6. The summed E-state index contributed by atoms with van der Waals surface area (Å²) in [6.45, 7) is 1.92. The van der Waals surface area contributed by atoms with Crippen LogP contribution < -0.4 is 14.2 Å². The molecule has 0 saturated carbocycles. The van der Waals surface area contributed by atoms with Crippen LogP contribution in [-0.4, -0.2) is 0 Å². The fourth-order valence-electron chi connectivity index (χ4n) is 2.92. The van der Waals surface area contributed by atoms with Gasteiger partial charge in [0.25, 0.3) is 0 Å². The van der Waals surface area contributed by atoms with Gasteiger partial charge in [-0.3, -0.25) is 0 Å². The van der Waals surface area contributed by atoms with Gasteiger partial charge in [0.05, 0.1) is 0 Å². The summed E-state index contributed by atoms with van der Waals surface area (Å²) in [7, 11) is 0. The van der Waals surface area contributed by atoms with Crippen molar-refractivity contribution in [2.24, 2.45) is 0 Å². The van der Waals surface area contributed by atoms with Crippen molar-refractivity contribution in [1.82, 2.24) is 0 Å². The molecular weight excluding hydrogens is 360 g/mol. The van der Waals surface area contributed by atoms with Crippen molar-refractivity contribution in [1.29, 1.82) is 0 Å². The first-order valence-corrected chi connectivity index (χ1v) is 9.45. The minimum absolute atomic E-state index is 0.607. The van der Waals surface area contributed by atoms with Crippen molar-refractivity contribution in [3.8, 4) is 28.7 Å². The van der Waals surface area contributed by atoms with Crippen LogP contribution in [0.25, 0.3) is 0 Å². The highest BCUT2D eigenvalue weighted by Crippen LogP contribution is 2.41. The average molecular weight is 381 g/mol. The highest BCUT2D eigenvalue weighted by molar-refractivity contribution is 5.54. The van der Waals surface area contributed by atoms with Crippen LogP contribution in [0.2, 0.25) is 0 Å². The van der Waals surface area contributed by atoms with E-state index in [1.165, 1.54) is 0 Å². The lowest BCUT2D eigenvalue weighted by molar-refractivity contribution is 0.348. The predicted molar refractivity (Wildman–Crippen MR) is 115 cm³/mol. The summed E-state index contributed by atoms with van der Waals surface area (Å²) in [4.78, 5) is 0. The molecule has 0 aliphatic rings. The van der Waals surface area contributed by atoms with E-state index in [2.05, 4.69) is 0 Å². The summed E-state index contributed by atoms with van der Waals surface area (Å²) < 4.78 is 18.4. The molecule has 0 aliphatic heterocycles. The molecule has 3 heteroatoms. The molecule has 3 nitrogen and oxygen atoms in total. The van der Waals surface area contributed by atoms with E-state index < -0.39 is 0 Å². The minimum Gasteiger partial charge on any atom is -0.478 e. The molecule has 0 amide bonds. The van der Waals surface area contributed by atoms with E-state index in [0.29, 0.717) is 11.5 Å². The molecule has 0 bridgehead atoms. The standard InChI is InChI=1S/C26H21O3/c1-20(27-21-12-5-2-6-13-21)24-18-11-19-25(28-22-14-7-3-8-15-22)26(24)29-23-16-9-4-10-17-23/h2-19H,1H3. The molecule has 1 radical (unpaired) electrons. The maximum Gasteiger partial charge on any atom is 0.178 e. The van der Waals surface area contributed by atoms with Crippen molar-refractivity contribution >= 4 is 0 Å². The van der Waals surface area contributed by atoms with Gasteiger partial charge in [-0.15, -0.1) is 0 Å². The molecule has 143 valence electrons. The van der Waals surface area contributed by atoms with E-state index in [1.54, 1.807) is 0 Å². The van der Waals surface area contributed by atoms with Crippen molar-refractivity contribution in [2.45, 2.75) is 6.92 Å². The quantitative estimate of drug-likeness (QED) is 0.337. The van der Waals surface area contributed by atoms with Gasteiger partial charge in [-0.25, -0.2) is 0 Å². The second-order valence-corrected chi connectivity index (χ2v) is 6.43. The first-order chi connectivity index (χ1) is 14.3. The van der Waals surface area contributed by atoms with Gasteiger partial charge in [0.2, 0.25) is 0 Å². The molecular formula is C26H21O3. The molecule has 0 saturated heterocycles. The third kappa shape index (κ3) is 4.77. The Morgan fingerprint density at radius 2 is 1.03 bits per heavy atom. The lowest BCUT2D eigenvalue weighted by atomic mass is 10.1. The summed E-state index contributed by atoms with van der Waals surface area (Å²) in [5.74, 6) is 3.46. The smallest absolute Gasteiger partial charge is 0.178 e. The zero-order valence-corrected chi connectivity index (χ0v) is 16.1. The molecule has 0 fully saturated rings. The topological polar surface area (TPSA) is 27.7 Å². The van der Waals surface area contributed by atoms with Crippen LogP contribution >= 0.6 is 0 Å². The van der Waals surface area contributed by atoms with Crippen LogP contribution in [0.3, 0.4) is 0 Å². The highest BCUT2D eigenvalue weighted by atomic mass is 16.5. The average Bonchev–Trinajstić information content (AvgIpc) is 2.77. The largest absolute Gasteiger partial charge is 0.478 e. The SMILES string of the molecule is C[C](Oc1ccccc1)c1cccc(Oc2ccccc2)c1Oc1ccccc1. The Balaban J connectivity index is 1.70. The third-order valence-corrected chi connectivity index (χ3v) is 4.31. The Bertz CT molecular complexity index is 1030. The number of benzene rings is 4. The predicted octanol–water partition coefficient (Wildman–Crippen LogP) is 7.25. The number of ether oxygens (including phenoxy) is 3. The zero-order chi connectivity index (χ0) is 19.9. The van der Waals surface area contributed by atoms with Gasteiger partial charge < -0.3 is 14.2 Å². The molecule has 0 aliphatic carbocycles. The van der Waals surface area contributed by atoms with Crippen molar-refractivity contribution in [3.05, 3.63) is 121 Å². The van der Waals surface area contributed by atoms with Crippen LogP contribution in [0.15, 0.2) is 109 Å². The maximum atomic E-state index is 6.25. The molecule has 0 N–H and O–H groups in total. The molecule has 29 heavy (non-hydrogen) atoms. The molecule has 0 spiro atoms. The lowest BCUT2D eigenvalue weighted by Crippen LogP contribution is -2.07. The van der Waals surface area contributed by atoms with E-state index in [0.717, 1.165) is 28.9 Å². The van der Waals surface area contributed by atoms with E-state index >= 15 is 0 Å². The molecule has 0 heterocycles. The van der Waals surface area contributed by atoms with Crippen LogP contribution in [0, 0.1) is 6.10 Å². The fourth-order valence-corrected chi connectivity index (χ4v) is 2.92. The monoisotopic (exact) mass is 381 g/mol. The maximum absolute atomic E-state index is 6.25. The van der Waals surface area contributed by atoms with Crippen LogP contribution in [0.4, 0.5) is 0 Å². The molecule has 4 rings (SSSR count). The van der Waals surface area contributed by atoms with E-state index in [-0.39, 0.29) is 0 Å². The Labute approximate surface area is 171 Å². The molecule has 0 unspecified atom stereocenters. The van der Waals surface area contributed by atoms with Crippen LogP contribution in [0.1, 0.15) is 12.5 Å². The second-order valence-electron chi connectivity index (χ2n) is 6.43. The van der Waals surface area contributed by atoms with Crippen molar-refractivity contribution < 1.29 is 14.2 Å². The van der Waals surface area contributed by atoms with E-state index in [9.17, 15) is 0 Å². The molecule has 4 aromatic rings. The Hall–Kier alpha value is -3.72. The first kappa shape index (κ1) is 18.6. The van der Waals surface area contributed by atoms with Gasteiger partial charge in [-0.2, -0.15) is 0 Å². The minimum atomic E-state index is 0.607. The van der Waals surface area contributed by atoms with Gasteiger partial charge in [-0.05, 0) is 49.4 Å².